The molecule has 2 aliphatic heterocycles. The highest BCUT2D eigenvalue weighted by molar-refractivity contribution is 7.26. The van der Waals surface area contributed by atoms with Crippen molar-refractivity contribution in [2.24, 2.45) is 0 Å². The summed E-state index contributed by atoms with van der Waals surface area (Å²) in [4.78, 5) is 5.39. The number of hydrogen-bond donors (Lipinski definition) is 0. The fourth-order valence-corrected chi connectivity index (χ4v) is 13.4. The number of hydrogen-bond acceptors (Lipinski definition) is 4. The molecule has 340 valence electrons. The molecule has 0 radical (unpaired) electrons. The molecular weight excluding hydrogens is 856 g/mol. The van der Waals surface area contributed by atoms with E-state index in [0.717, 1.165) is 46.2 Å². The van der Waals surface area contributed by atoms with Gasteiger partial charge >= 0.3 is 6.85 Å². The predicted octanol–water partition coefficient (Wildman–Crippen LogP) is 17.3. The van der Waals surface area contributed by atoms with E-state index >= 15 is 0 Å². The third kappa shape index (κ3) is 6.31. The van der Waals surface area contributed by atoms with Crippen LogP contribution >= 0.6 is 11.3 Å². The summed E-state index contributed by atoms with van der Waals surface area (Å²) in [7, 11) is 0. The molecule has 0 fully saturated rings. The first-order valence-electron chi connectivity index (χ1n) is 25.0. The van der Waals surface area contributed by atoms with E-state index in [4.69, 9.17) is 4.42 Å². The number of thiophene rings is 1. The Morgan fingerprint density at radius 1 is 0.522 bits per heavy atom. The number of fused-ring (bicyclic) bond motifs is 12. The Kier molecular flexibility index (Phi) is 8.94. The molecule has 69 heavy (non-hydrogen) atoms. The first-order chi connectivity index (χ1) is 33.0. The van der Waals surface area contributed by atoms with Crippen LogP contribution in [0, 0.1) is 0 Å². The van der Waals surface area contributed by atoms with Gasteiger partial charge in [0.1, 0.15) is 11.2 Å². The second-order valence-corrected chi connectivity index (χ2v) is 24.7. The quantitative estimate of drug-likeness (QED) is 0.165. The number of furan rings is 1. The number of nitrogens with zero attached hydrogens (tertiary/aromatic N) is 2. The average Bonchev–Trinajstić information content (AvgIpc) is 3.89. The van der Waals surface area contributed by atoms with Crippen LogP contribution in [0.5, 0.6) is 0 Å². The lowest BCUT2D eigenvalue weighted by Gasteiger charge is -2.48. The van der Waals surface area contributed by atoms with Crippen LogP contribution in [0.4, 0.5) is 28.4 Å². The van der Waals surface area contributed by atoms with Crippen molar-refractivity contribution in [2.75, 3.05) is 9.71 Å². The van der Waals surface area contributed by atoms with E-state index < -0.39 is 0 Å². The lowest BCUT2D eigenvalue weighted by atomic mass is 9.43. The van der Waals surface area contributed by atoms with E-state index in [2.05, 4.69) is 231 Å². The minimum absolute atomic E-state index is 0.0183. The number of para-hydroxylation sites is 1. The van der Waals surface area contributed by atoms with Crippen molar-refractivity contribution < 1.29 is 4.42 Å². The summed E-state index contributed by atoms with van der Waals surface area (Å²) in [6, 6.07) is 58.2. The molecule has 0 saturated heterocycles. The predicted molar refractivity (Wildman–Crippen MR) is 298 cm³/mol. The lowest BCUT2D eigenvalue weighted by molar-refractivity contribution is 0.332. The van der Waals surface area contributed by atoms with Crippen molar-refractivity contribution in [1.29, 1.82) is 0 Å². The SMILES string of the molecule is CC(C)(C)c1ccc(N2B3c4cc5c(cc4N(c4ccc(C(C)(C)C)cc4-c4ccccc4)c4c3c(cc3c4sc4ccccc43)-c3cc4c(cc32)C(C)(C)CCC4(C)C)oc2ccccc25)cc1. The standard InChI is InChI=1S/C64H59BN2OS/c1-61(2,3)39-24-27-41(28-25-39)67-53-36-50-49(63(7,8)30-31-64(50,9)10)34-45(53)47-33-48-43-21-15-17-23-57(43)69-60(48)59-58(47)65(67)51-35-46-42-20-14-16-22-55(42)68-56(46)37-54(51)66(59)52-29-26-40(62(4,5)6)32-44(52)38-18-12-11-13-19-38/h11-29,32-37H,30-31H2,1-10H3. The van der Waals surface area contributed by atoms with Gasteiger partial charge in [0.2, 0.25) is 0 Å². The van der Waals surface area contributed by atoms with Crippen LogP contribution in [0.3, 0.4) is 0 Å². The van der Waals surface area contributed by atoms with Gasteiger partial charge in [-0.2, -0.15) is 0 Å². The highest BCUT2D eigenvalue weighted by Gasteiger charge is 2.49. The maximum Gasteiger partial charge on any atom is 0.333 e. The molecule has 0 spiro atoms. The van der Waals surface area contributed by atoms with Crippen LogP contribution in [0.25, 0.3) is 64.4 Å². The number of rotatable bonds is 3. The van der Waals surface area contributed by atoms with Gasteiger partial charge in [-0.05, 0) is 133 Å². The van der Waals surface area contributed by atoms with Gasteiger partial charge < -0.3 is 14.1 Å². The molecule has 1 aliphatic carbocycles. The zero-order valence-electron chi connectivity index (χ0n) is 41.6. The van der Waals surface area contributed by atoms with Gasteiger partial charge in [-0.3, -0.25) is 0 Å². The van der Waals surface area contributed by atoms with Crippen molar-refractivity contribution in [2.45, 2.75) is 104 Å². The highest BCUT2D eigenvalue weighted by atomic mass is 32.1. The molecule has 2 aromatic heterocycles. The van der Waals surface area contributed by atoms with Gasteiger partial charge in [0, 0.05) is 60.5 Å². The average molecular weight is 915 g/mol. The van der Waals surface area contributed by atoms with Gasteiger partial charge in [0.25, 0.3) is 0 Å². The Labute approximate surface area is 411 Å². The minimum atomic E-state index is -0.159. The molecule has 0 atom stereocenters. The van der Waals surface area contributed by atoms with E-state index in [9.17, 15) is 0 Å². The zero-order chi connectivity index (χ0) is 47.5. The summed E-state index contributed by atoms with van der Waals surface area (Å²) in [5, 5.41) is 4.90. The third-order valence-electron chi connectivity index (χ3n) is 16.2. The number of anilines is 5. The molecular formula is C64H59BN2OS. The van der Waals surface area contributed by atoms with Crippen LogP contribution in [0.15, 0.2) is 156 Å². The maximum absolute atomic E-state index is 6.89. The second kappa shape index (κ2) is 14.5. The highest BCUT2D eigenvalue weighted by Crippen LogP contribution is 2.57. The Morgan fingerprint density at radius 3 is 1.90 bits per heavy atom. The first kappa shape index (κ1) is 42.5. The van der Waals surface area contributed by atoms with E-state index in [1.165, 1.54) is 92.7 Å². The van der Waals surface area contributed by atoms with E-state index in [1.54, 1.807) is 0 Å². The largest absolute Gasteiger partial charge is 0.456 e. The molecule has 0 unspecified atom stereocenters. The lowest BCUT2D eigenvalue weighted by Crippen LogP contribution is -2.61. The van der Waals surface area contributed by atoms with Gasteiger partial charge in [-0.1, -0.05) is 160 Å². The molecule has 10 aromatic rings. The summed E-state index contributed by atoms with van der Waals surface area (Å²) in [6.07, 6.45) is 2.31. The molecule has 5 heteroatoms. The normalized spacial score (nSPS) is 16.0. The molecule has 3 nitrogen and oxygen atoms in total. The molecule has 13 rings (SSSR count). The number of benzene rings is 8. The van der Waals surface area contributed by atoms with Crippen LogP contribution in [0.1, 0.15) is 104 Å². The summed E-state index contributed by atoms with van der Waals surface area (Å²) in [5.74, 6) is 0. The Bertz CT molecular complexity index is 3760. The van der Waals surface area contributed by atoms with E-state index in [0.29, 0.717) is 0 Å². The summed E-state index contributed by atoms with van der Waals surface area (Å²) >= 11 is 1.93. The molecule has 0 bridgehead atoms. The third-order valence-corrected chi connectivity index (χ3v) is 17.4. The van der Waals surface area contributed by atoms with Crippen molar-refractivity contribution in [3.63, 3.8) is 0 Å². The molecule has 0 amide bonds. The Balaban J connectivity index is 1.24. The van der Waals surface area contributed by atoms with Crippen LogP contribution in [-0.4, -0.2) is 6.85 Å². The molecule has 4 heterocycles. The van der Waals surface area contributed by atoms with Crippen LogP contribution < -0.4 is 20.6 Å². The molecule has 0 saturated carbocycles. The summed E-state index contributed by atoms with van der Waals surface area (Å²) in [5.41, 5.74) is 21.2. The molecule has 3 aliphatic rings. The molecule has 8 aromatic carbocycles. The van der Waals surface area contributed by atoms with Gasteiger partial charge in [-0.25, -0.2) is 0 Å². The Hall–Kier alpha value is -6.56. The Morgan fingerprint density at radius 2 is 1.17 bits per heavy atom. The van der Waals surface area contributed by atoms with Crippen molar-refractivity contribution >= 4 is 99.7 Å². The monoisotopic (exact) mass is 914 g/mol. The van der Waals surface area contributed by atoms with E-state index in [1.807, 2.05) is 11.3 Å². The fraction of sp³-hybridized carbons (Fsp3) is 0.250. The van der Waals surface area contributed by atoms with Crippen LogP contribution in [-0.2, 0) is 21.7 Å². The summed E-state index contributed by atoms with van der Waals surface area (Å²) < 4.78 is 9.50. The van der Waals surface area contributed by atoms with Crippen molar-refractivity contribution in [3.05, 3.63) is 174 Å². The first-order valence-corrected chi connectivity index (χ1v) is 25.8. The maximum atomic E-state index is 6.89. The zero-order valence-corrected chi connectivity index (χ0v) is 42.5. The topological polar surface area (TPSA) is 19.6 Å². The van der Waals surface area contributed by atoms with Gasteiger partial charge in [0.15, 0.2) is 0 Å². The van der Waals surface area contributed by atoms with Gasteiger partial charge in [0.05, 0.1) is 16.1 Å². The second-order valence-electron chi connectivity index (χ2n) is 23.6. The smallest absolute Gasteiger partial charge is 0.333 e. The van der Waals surface area contributed by atoms with Crippen molar-refractivity contribution in [3.8, 4) is 22.3 Å². The van der Waals surface area contributed by atoms with Gasteiger partial charge in [-0.15, -0.1) is 11.3 Å². The fourth-order valence-electron chi connectivity index (χ4n) is 12.2. The van der Waals surface area contributed by atoms with E-state index in [-0.39, 0.29) is 28.5 Å². The molecule has 0 N–H and O–H groups in total. The van der Waals surface area contributed by atoms with Crippen LogP contribution in [0.2, 0.25) is 0 Å². The summed E-state index contributed by atoms with van der Waals surface area (Å²) in [6.45, 7) is 23.6. The minimum Gasteiger partial charge on any atom is -0.456 e. The van der Waals surface area contributed by atoms with Crippen molar-refractivity contribution in [1.82, 2.24) is 0 Å².